The molecule has 1 rings (SSSR count). The average Bonchev–Trinajstić information content (AvgIpc) is 2.42. The van der Waals surface area contributed by atoms with Gasteiger partial charge in [-0.25, -0.2) is 9.59 Å². The van der Waals surface area contributed by atoms with Crippen LogP contribution in [0.3, 0.4) is 0 Å². The summed E-state index contributed by atoms with van der Waals surface area (Å²) >= 11 is 0. The quantitative estimate of drug-likeness (QED) is 0.764. The Morgan fingerprint density at radius 3 is 2.12 bits per heavy atom. The van der Waals surface area contributed by atoms with Crippen molar-refractivity contribution < 1.29 is 29.0 Å². The van der Waals surface area contributed by atoms with Crippen molar-refractivity contribution in [1.82, 2.24) is 5.32 Å². The van der Waals surface area contributed by atoms with Crippen LogP contribution < -0.4 is 10.1 Å². The second kappa shape index (κ2) is 8.00. The smallest absolute Gasteiger partial charge is 0.413 e. The van der Waals surface area contributed by atoms with Crippen molar-refractivity contribution >= 4 is 18.0 Å². The Bertz CT molecular complexity index is 618. The Kier molecular flexibility index (Phi) is 6.55. The number of hydrogen-bond acceptors (Lipinski definition) is 5. The van der Waals surface area contributed by atoms with Crippen molar-refractivity contribution in [3.8, 4) is 5.75 Å². The molecule has 0 radical (unpaired) electrons. The van der Waals surface area contributed by atoms with E-state index in [1.54, 1.807) is 65.0 Å². The highest BCUT2D eigenvalue weighted by atomic mass is 16.6. The topological polar surface area (TPSA) is 102 Å². The molecule has 0 heterocycles. The van der Waals surface area contributed by atoms with Crippen molar-refractivity contribution in [1.29, 1.82) is 0 Å². The van der Waals surface area contributed by atoms with E-state index in [1.807, 2.05) is 0 Å². The molecule has 0 bridgehead atoms. The predicted octanol–water partition coefficient (Wildman–Crippen LogP) is 2.99. The van der Waals surface area contributed by atoms with Gasteiger partial charge >= 0.3 is 18.0 Å². The van der Waals surface area contributed by atoms with Gasteiger partial charge in [0.2, 0.25) is 0 Å². The number of para-hydroxylation sites is 1. The number of hydrogen-bond donors (Lipinski definition) is 2. The first-order valence-electron chi connectivity index (χ1n) is 7.89. The normalized spacial score (nSPS) is 12.8. The van der Waals surface area contributed by atoms with Gasteiger partial charge in [0.05, 0.1) is 6.42 Å². The maximum Gasteiger partial charge on any atom is 0.413 e. The summed E-state index contributed by atoms with van der Waals surface area (Å²) in [6, 6.07) is 6.95. The van der Waals surface area contributed by atoms with Gasteiger partial charge in [-0.15, -0.1) is 0 Å². The molecule has 0 saturated carbocycles. The summed E-state index contributed by atoms with van der Waals surface area (Å²) in [5.41, 5.74) is -1.75. The molecule has 2 N–H and O–H groups in total. The summed E-state index contributed by atoms with van der Waals surface area (Å²) in [5, 5.41) is 11.8. The van der Waals surface area contributed by atoms with E-state index in [4.69, 9.17) is 9.47 Å². The fourth-order valence-electron chi connectivity index (χ4n) is 2.19. The molecule has 0 aliphatic rings. The summed E-state index contributed by atoms with van der Waals surface area (Å²) < 4.78 is 10.3. The van der Waals surface area contributed by atoms with Gasteiger partial charge in [-0.3, -0.25) is 4.79 Å². The van der Waals surface area contributed by atoms with Crippen LogP contribution in [0.5, 0.6) is 5.75 Å². The fraction of sp³-hybridized carbons (Fsp3) is 0.500. The second-order valence-electron chi connectivity index (χ2n) is 7.37. The molecule has 0 aliphatic heterocycles. The minimum Gasteiger partial charge on any atom is -0.480 e. The lowest BCUT2D eigenvalue weighted by molar-refractivity contribution is -0.158. The molecule has 7 nitrogen and oxygen atoms in total. The Balaban J connectivity index is 2.78. The molecule has 0 spiro atoms. The second-order valence-corrected chi connectivity index (χ2v) is 7.37. The summed E-state index contributed by atoms with van der Waals surface area (Å²) in [4.78, 5) is 35.6. The lowest BCUT2D eigenvalue weighted by Crippen LogP contribution is -2.52. The number of ether oxygens (including phenoxy) is 2. The minimum absolute atomic E-state index is 0.174. The largest absolute Gasteiger partial charge is 0.480 e. The van der Waals surface area contributed by atoms with Crippen molar-refractivity contribution in [2.75, 3.05) is 0 Å². The molecular weight excluding hydrogens is 326 g/mol. The van der Waals surface area contributed by atoms with Gasteiger partial charge in [-0.05, 0) is 32.9 Å². The van der Waals surface area contributed by atoms with E-state index in [0.717, 1.165) is 0 Å². The van der Waals surface area contributed by atoms with Crippen LogP contribution >= 0.6 is 0 Å². The number of carboxylic acid groups (broad SMARTS) is 1. The van der Waals surface area contributed by atoms with Crippen LogP contribution in [0.1, 0.15) is 41.0 Å². The average molecular weight is 351 g/mol. The van der Waals surface area contributed by atoms with Crippen LogP contribution in [0.2, 0.25) is 0 Å². The molecule has 138 valence electrons. The number of esters is 1. The molecule has 7 heteroatoms. The molecule has 0 aromatic heterocycles. The number of nitrogens with one attached hydrogen (secondary N) is 1. The van der Waals surface area contributed by atoms with E-state index in [9.17, 15) is 19.5 Å². The summed E-state index contributed by atoms with van der Waals surface area (Å²) in [6.07, 6.45) is -1.08. The highest BCUT2D eigenvalue weighted by Crippen LogP contribution is 2.27. The summed E-state index contributed by atoms with van der Waals surface area (Å²) in [6.45, 7) is 8.31. The van der Waals surface area contributed by atoms with E-state index < -0.39 is 35.1 Å². The van der Waals surface area contributed by atoms with Gasteiger partial charge in [-0.1, -0.05) is 32.0 Å². The summed E-state index contributed by atoms with van der Waals surface area (Å²) in [5.74, 6) is -1.52. The SMILES string of the molecule is CC(C)(C)OC(=O)CC(C)(C)C(NC(=O)Oc1ccccc1)C(=O)O. The number of carbonyl (C=O) groups excluding carboxylic acids is 2. The highest BCUT2D eigenvalue weighted by Gasteiger charge is 2.39. The van der Waals surface area contributed by atoms with E-state index >= 15 is 0 Å². The third kappa shape index (κ3) is 7.24. The van der Waals surface area contributed by atoms with E-state index in [-0.39, 0.29) is 12.2 Å². The van der Waals surface area contributed by atoms with Gasteiger partial charge in [0.1, 0.15) is 17.4 Å². The molecule has 1 aromatic carbocycles. The van der Waals surface area contributed by atoms with Gasteiger partial charge in [0, 0.05) is 5.41 Å². The molecule has 1 atom stereocenters. The Morgan fingerprint density at radius 2 is 1.64 bits per heavy atom. The number of rotatable bonds is 6. The zero-order chi connectivity index (χ0) is 19.3. The standard InChI is InChI=1S/C18H25NO6/c1-17(2,3)25-13(20)11-18(4,5)14(15(21)22)19-16(23)24-12-9-7-6-8-10-12/h6-10,14H,11H2,1-5H3,(H,19,23)(H,21,22). The van der Waals surface area contributed by atoms with Crippen molar-refractivity contribution in [2.45, 2.75) is 52.7 Å². The number of aliphatic carboxylic acids is 1. The lowest BCUT2D eigenvalue weighted by Gasteiger charge is -2.32. The Morgan fingerprint density at radius 1 is 1.08 bits per heavy atom. The van der Waals surface area contributed by atoms with Gasteiger partial charge in [0.15, 0.2) is 0 Å². The number of benzene rings is 1. The molecule has 1 amide bonds. The van der Waals surface area contributed by atoms with Crippen molar-refractivity contribution in [2.24, 2.45) is 5.41 Å². The molecule has 0 aliphatic carbocycles. The van der Waals surface area contributed by atoms with Crippen molar-refractivity contribution in [3.63, 3.8) is 0 Å². The van der Waals surface area contributed by atoms with Crippen LogP contribution in [0.4, 0.5) is 4.79 Å². The number of carbonyl (C=O) groups is 3. The maximum atomic E-state index is 12.0. The van der Waals surface area contributed by atoms with E-state index in [1.165, 1.54) is 0 Å². The first kappa shape index (κ1) is 20.5. The Hall–Kier alpha value is -2.57. The van der Waals surface area contributed by atoms with Gasteiger partial charge < -0.3 is 19.9 Å². The number of amides is 1. The van der Waals surface area contributed by atoms with E-state index in [2.05, 4.69) is 5.32 Å². The van der Waals surface area contributed by atoms with Gasteiger partial charge in [-0.2, -0.15) is 0 Å². The molecule has 0 saturated heterocycles. The molecule has 0 fully saturated rings. The third-order valence-electron chi connectivity index (χ3n) is 3.26. The van der Waals surface area contributed by atoms with Crippen LogP contribution in [-0.4, -0.2) is 34.8 Å². The molecule has 25 heavy (non-hydrogen) atoms. The van der Waals surface area contributed by atoms with E-state index in [0.29, 0.717) is 0 Å². The third-order valence-corrected chi connectivity index (χ3v) is 3.26. The molecule has 1 unspecified atom stereocenters. The lowest BCUT2D eigenvalue weighted by atomic mass is 9.81. The van der Waals surface area contributed by atoms with Gasteiger partial charge in [0.25, 0.3) is 0 Å². The Labute approximate surface area is 147 Å². The van der Waals surface area contributed by atoms with Crippen LogP contribution in [0.15, 0.2) is 30.3 Å². The zero-order valence-corrected chi connectivity index (χ0v) is 15.2. The van der Waals surface area contributed by atoms with Crippen LogP contribution in [0.25, 0.3) is 0 Å². The fourth-order valence-corrected chi connectivity index (χ4v) is 2.19. The first-order valence-corrected chi connectivity index (χ1v) is 7.89. The predicted molar refractivity (Wildman–Crippen MR) is 91.3 cm³/mol. The van der Waals surface area contributed by atoms with Crippen molar-refractivity contribution in [3.05, 3.63) is 30.3 Å². The number of carboxylic acids is 1. The monoisotopic (exact) mass is 351 g/mol. The highest BCUT2D eigenvalue weighted by molar-refractivity contribution is 5.82. The summed E-state index contributed by atoms with van der Waals surface area (Å²) in [7, 11) is 0. The van der Waals surface area contributed by atoms with Crippen LogP contribution in [0, 0.1) is 5.41 Å². The molecule has 1 aromatic rings. The van der Waals surface area contributed by atoms with Crippen LogP contribution in [-0.2, 0) is 14.3 Å². The zero-order valence-electron chi connectivity index (χ0n) is 15.2. The minimum atomic E-state index is -1.32. The molecular formula is C18H25NO6. The maximum absolute atomic E-state index is 12.0. The first-order chi connectivity index (χ1) is 11.4.